The molecule has 8 nitrogen and oxygen atoms in total. The van der Waals surface area contributed by atoms with E-state index in [1.165, 1.54) is 0 Å². The van der Waals surface area contributed by atoms with Crippen molar-refractivity contribution in [1.82, 2.24) is 10.9 Å². The quantitative estimate of drug-likeness (QED) is 0.199. The van der Waals surface area contributed by atoms with E-state index in [2.05, 4.69) is 23.1 Å². The van der Waals surface area contributed by atoms with Crippen molar-refractivity contribution >= 4 is 17.3 Å². The van der Waals surface area contributed by atoms with Crippen LogP contribution in [-0.2, 0) is 4.74 Å². The van der Waals surface area contributed by atoms with Crippen molar-refractivity contribution in [2.45, 2.75) is 30.6 Å². The number of rotatable bonds is 3. The van der Waals surface area contributed by atoms with E-state index in [0.717, 1.165) is 0 Å². The molecule has 0 aromatic heterocycles. The summed E-state index contributed by atoms with van der Waals surface area (Å²) in [4.78, 5) is 0. The Morgan fingerprint density at radius 3 is 2.38 bits per heavy atom. The fraction of sp³-hybridized carbons (Fsp3) is 0.857. The highest BCUT2D eigenvalue weighted by molar-refractivity contribution is 7.80. The van der Waals surface area contributed by atoms with Gasteiger partial charge >= 0.3 is 0 Å². The lowest BCUT2D eigenvalue weighted by atomic mass is 9.99. The summed E-state index contributed by atoms with van der Waals surface area (Å²) in [5, 5.41) is 37.2. The van der Waals surface area contributed by atoms with E-state index in [-0.39, 0.29) is 5.11 Å². The highest BCUT2D eigenvalue weighted by Gasteiger charge is 2.43. The van der Waals surface area contributed by atoms with Crippen molar-refractivity contribution in [3.05, 3.63) is 0 Å². The highest BCUT2D eigenvalue weighted by Crippen LogP contribution is 2.19. The maximum Gasteiger partial charge on any atom is 0.178 e. The first-order chi connectivity index (χ1) is 7.47. The zero-order chi connectivity index (χ0) is 12.3. The average molecular weight is 253 g/mol. The number of aliphatic hydroxyl groups excluding tert-OH is 4. The van der Waals surface area contributed by atoms with Crippen LogP contribution in [0.3, 0.4) is 0 Å². The van der Waals surface area contributed by atoms with Crippen molar-refractivity contribution < 1.29 is 25.2 Å². The summed E-state index contributed by atoms with van der Waals surface area (Å²) >= 11 is 4.52. The number of thiocarbonyl (C=S) groups is 1. The van der Waals surface area contributed by atoms with Crippen molar-refractivity contribution in [3.8, 4) is 0 Å². The Hall–Kier alpha value is -0.550. The number of aliphatic hydroxyl groups is 4. The van der Waals surface area contributed by atoms with Gasteiger partial charge in [-0.2, -0.15) is 0 Å². The predicted octanol–water partition coefficient (Wildman–Crippen LogP) is -3.88. The molecular weight excluding hydrogens is 238 g/mol. The molecule has 8 N–H and O–H groups in total. The molecule has 1 aliphatic heterocycles. The van der Waals surface area contributed by atoms with Gasteiger partial charge in [-0.05, 0) is 12.2 Å². The Balaban J connectivity index is 2.60. The topological polar surface area (TPSA) is 140 Å². The number of nitrogens with one attached hydrogen (secondary N) is 2. The number of nitrogens with two attached hydrogens (primary N) is 1. The van der Waals surface area contributed by atoms with Gasteiger partial charge < -0.3 is 30.9 Å². The molecule has 0 bridgehead atoms. The van der Waals surface area contributed by atoms with E-state index in [1.807, 2.05) is 0 Å². The largest absolute Gasteiger partial charge is 0.394 e. The van der Waals surface area contributed by atoms with E-state index in [4.69, 9.17) is 15.6 Å². The Labute approximate surface area is 97.0 Å². The minimum atomic E-state index is -1.43. The standard InChI is InChI=1S/C7H15N3O5S/c8-7(16)10-9-6-5(14)4(13)3(12)2(1-11)15-6/h2-6,9,11-14H,1H2,(H3,8,10,16)/t2-,3-,4+,5-,6?/m1/s1. The van der Waals surface area contributed by atoms with Crippen LogP contribution in [0.5, 0.6) is 0 Å². The smallest absolute Gasteiger partial charge is 0.178 e. The molecule has 1 saturated heterocycles. The number of hydrazine groups is 1. The molecule has 16 heavy (non-hydrogen) atoms. The Morgan fingerprint density at radius 2 is 1.88 bits per heavy atom. The third-order valence-electron chi connectivity index (χ3n) is 2.23. The highest BCUT2D eigenvalue weighted by atomic mass is 32.1. The van der Waals surface area contributed by atoms with Gasteiger partial charge in [0.15, 0.2) is 11.3 Å². The zero-order valence-electron chi connectivity index (χ0n) is 8.28. The SMILES string of the molecule is NC(=S)NNC1O[C@H](CO)[C@@H](O)[C@H](O)[C@H]1O. The van der Waals surface area contributed by atoms with Crippen LogP contribution in [0.2, 0.25) is 0 Å². The maximum atomic E-state index is 9.53. The fourth-order valence-corrected chi connectivity index (χ4v) is 1.42. The lowest BCUT2D eigenvalue weighted by Gasteiger charge is -2.40. The van der Waals surface area contributed by atoms with E-state index in [1.54, 1.807) is 0 Å². The van der Waals surface area contributed by atoms with Crippen LogP contribution < -0.4 is 16.6 Å². The second-order valence-electron chi connectivity index (χ2n) is 3.38. The Kier molecular flexibility index (Phi) is 4.80. The van der Waals surface area contributed by atoms with Crippen molar-refractivity contribution in [3.63, 3.8) is 0 Å². The van der Waals surface area contributed by atoms with Gasteiger partial charge in [-0.1, -0.05) is 0 Å². The van der Waals surface area contributed by atoms with Gasteiger partial charge in [0.1, 0.15) is 24.4 Å². The molecule has 0 saturated carbocycles. The molecule has 1 rings (SSSR count). The molecule has 1 heterocycles. The monoisotopic (exact) mass is 253 g/mol. The third kappa shape index (κ3) is 2.98. The molecule has 1 unspecified atom stereocenters. The van der Waals surface area contributed by atoms with Crippen molar-refractivity contribution in [2.75, 3.05) is 6.61 Å². The summed E-state index contributed by atoms with van der Waals surface area (Å²) < 4.78 is 5.08. The normalized spacial score (nSPS) is 39.4. The minimum absolute atomic E-state index is 0.0723. The van der Waals surface area contributed by atoms with Gasteiger partial charge in [-0.25, -0.2) is 5.43 Å². The Morgan fingerprint density at radius 1 is 1.25 bits per heavy atom. The van der Waals surface area contributed by atoms with E-state index in [0.29, 0.717) is 0 Å². The first-order valence-electron chi connectivity index (χ1n) is 4.59. The van der Waals surface area contributed by atoms with Gasteiger partial charge in [0.25, 0.3) is 0 Å². The molecule has 0 aromatic carbocycles. The molecule has 0 aliphatic carbocycles. The molecule has 0 radical (unpaired) electrons. The van der Waals surface area contributed by atoms with E-state index >= 15 is 0 Å². The molecule has 0 amide bonds. The lowest BCUT2D eigenvalue weighted by molar-refractivity contribution is -0.238. The summed E-state index contributed by atoms with van der Waals surface area (Å²) in [5.41, 5.74) is 9.88. The van der Waals surface area contributed by atoms with Crippen LogP contribution in [0.4, 0.5) is 0 Å². The second kappa shape index (κ2) is 5.68. The first-order valence-corrected chi connectivity index (χ1v) is 4.99. The van der Waals surface area contributed by atoms with Crippen LogP contribution in [0.1, 0.15) is 0 Å². The van der Waals surface area contributed by atoms with Gasteiger partial charge in [0, 0.05) is 0 Å². The summed E-state index contributed by atoms with van der Waals surface area (Å²) in [6.45, 7) is -0.490. The first kappa shape index (κ1) is 13.5. The van der Waals surface area contributed by atoms with Gasteiger partial charge in [0.05, 0.1) is 6.61 Å². The van der Waals surface area contributed by atoms with Crippen LogP contribution in [-0.4, -0.2) is 62.8 Å². The van der Waals surface area contributed by atoms with Gasteiger partial charge in [0.2, 0.25) is 0 Å². The zero-order valence-corrected chi connectivity index (χ0v) is 9.09. The third-order valence-corrected chi connectivity index (χ3v) is 2.33. The Bertz CT molecular complexity index is 254. The molecule has 1 aliphatic rings. The van der Waals surface area contributed by atoms with Gasteiger partial charge in [-0.15, -0.1) is 0 Å². The fourth-order valence-electron chi connectivity index (χ4n) is 1.36. The second-order valence-corrected chi connectivity index (χ2v) is 3.82. The summed E-state index contributed by atoms with van der Waals surface area (Å²) in [6, 6.07) is 0. The van der Waals surface area contributed by atoms with Gasteiger partial charge in [-0.3, -0.25) is 5.43 Å². The molecule has 94 valence electrons. The summed E-state index contributed by atoms with van der Waals surface area (Å²) in [7, 11) is 0. The lowest BCUT2D eigenvalue weighted by Crippen LogP contribution is -2.65. The average Bonchev–Trinajstić information content (AvgIpc) is 2.25. The van der Waals surface area contributed by atoms with Crippen LogP contribution >= 0.6 is 12.2 Å². The maximum absolute atomic E-state index is 9.53. The molecule has 0 aromatic rings. The van der Waals surface area contributed by atoms with Crippen molar-refractivity contribution in [1.29, 1.82) is 0 Å². The molecule has 5 atom stereocenters. The van der Waals surface area contributed by atoms with Crippen LogP contribution in [0, 0.1) is 0 Å². The number of hydrogen-bond acceptors (Lipinski definition) is 7. The molecular formula is C7H15N3O5S. The molecule has 9 heteroatoms. The predicted molar refractivity (Wildman–Crippen MR) is 56.8 cm³/mol. The molecule has 0 spiro atoms. The van der Waals surface area contributed by atoms with Crippen LogP contribution in [0.15, 0.2) is 0 Å². The summed E-state index contributed by atoms with van der Waals surface area (Å²) in [5.74, 6) is 0. The van der Waals surface area contributed by atoms with Crippen molar-refractivity contribution in [2.24, 2.45) is 5.73 Å². The van der Waals surface area contributed by atoms with Crippen LogP contribution in [0.25, 0.3) is 0 Å². The summed E-state index contributed by atoms with van der Waals surface area (Å²) in [6.07, 6.45) is -6.21. The number of ether oxygens (including phenoxy) is 1. The minimum Gasteiger partial charge on any atom is -0.394 e. The van der Waals surface area contributed by atoms with E-state index < -0.39 is 37.3 Å². The molecule has 1 fully saturated rings. The van der Waals surface area contributed by atoms with E-state index in [9.17, 15) is 15.3 Å². The number of hydrogen-bond donors (Lipinski definition) is 7.